The number of likely N-dealkylation sites (tertiary alicyclic amines) is 1. The van der Waals surface area contributed by atoms with Crippen molar-refractivity contribution < 1.29 is 14.3 Å². The molecule has 1 saturated heterocycles. The number of rotatable bonds is 10. The van der Waals surface area contributed by atoms with Crippen LogP contribution in [0.2, 0.25) is 0 Å². The number of esters is 1. The lowest BCUT2D eigenvalue weighted by molar-refractivity contribution is -0.145. The van der Waals surface area contributed by atoms with Gasteiger partial charge >= 0.3 is 5.97 Å². The van der Waals surface area contributed by atoms with E-state index < -0.39 is 0 Å². The number of nitrogens with zero attached hydrogens (tertiary/aromatic N) is 3. The van der Waals surface area contributed by atoms with E-state index in [1.807, 2.05) is 28.0 Å². The molecule has 1 aromatic heterocycles. The molecule has 0 unspecified atom stereocenters. The molecule has 0 radical (unpaired) electrons. The van der Waals surface area contributed by atoms with Crippen LogP contribution in [0.4, 0.5) is 0 Å². The van der Waals surface area contributed by atoms with Crippen molar-refractivity contribution >= 4 is 22.8 Å². The molecule has 0 bridgehead atoms. The van der Waals surface area contributed by atoms with Crippen LogP contribution in [0.1, 0.15) is 62.8 Å². The predicted molar refractivity (Wildman–Crippen MR) is 127 cm³/mol. The lowest BCUT2D eigenvalue weighted by atomic mass is 10.0. The minimum Gasteiger partial charge on any atom is -0.465 e. The van der Waals surface area contributed by atoms with Crippen LogP contribution in [-0.2, 0) is 27.2 Å². The molecule has 1 aromatic carbocycles. The standard InChI is InChI=1S/C26H34N4O3/c1-3-21-22-11-7-18(15-27)14-24(22)28-23(21)12-10-20-6-5-13-30(20)25(31)16-29(19-8-9-19)17-26(32)33-4-2/h7,11,14,19-20,28H,3-6,8-10,12-13,16-17H2,1-2H3/t20-/m0/s1. The van der Waals surface area contributed by atoms with Gasteiger partial charge in [-0.15, -0.1) is 0 Å². The van der Waals surface area contributed by atoms with Gasteiger partial charge < -0.3 is 14.6 Å². The van der Waals surface area contributed by atoms with Crippen molar-refractivity contribution in [3.8, 4) is 6.07 Å². The monoisotopic (exact) mass is 450 g/mol. The number of H-pyrrole nitrogens is 1. The van der Waals surface area contributed by atoms with Gasteiger partial charge in [-0.25, -0.2) is 0 Å². The number of nitrogens with one attached hydrogen (secondary N) is 1. The average molecular weight is 451 g/mol. The van der Waals surface area contributed by atoms with E-state index >= 15 is 0 Å². The van der Waals surface area contributed by atoms with E-state index in [0.29, 0.717) is 24.8 Å². The van der Waals surface area contributed by atoms with E-state index in [1.54, 1.807) is 6.92 Å². The van der Waals surface area contributed by atoms with Gasteiger partial charge in [0, 0.05) is 35.2 Å². The van der Waals surface area contributed by atoms with Crippen LogP contribution in [0.15, 0.2) is 18.2 Å². The Balaban J connectivity index is 1.40. The summed E-state index contributed by atoms with van der Waals surface area (Å²) in [6, 6.07) is 8.59. The quantitative estimate of drug-likeness (QED) is 0.559. The van der Waals surface area contributed by atoms with Gasteiger partial charge in [0.2, 0.25) is 5.91 Å². The normalized spacial score (nSPS) is 18.1. The summed E-state index contributed by atoms with van der Waals surface area (Å²) < 4.78 is 5.10. The van der Waals surface area contributed by atoms with Crippen LogP contribution >= 0.6 is 0 Å². The number of carbonyl (C=O) groups is 2. The lowest BCUT2D eigenvalue weighted by Gasteiger charge is -2.28. The van der Waals surface area contributed by atoms with E-state index in [1.165, 1.54) is 16.6 Å². The van der Waals surface area contributed by atoms with Crippen LogP contribution < -0.4 is 0 Å². The smallest absolute Gasteiger partial charge is 0.320 e. The zero-order valence-electron chi connectivity index (χ0n) is 19.7. The Labute approximate surface area is 195 Å². The maximum Gasteiger partial charge on any atom is 0.320 e. The molecular formula is C26H34N4O3. The summed E-state index contributed by atoms with van der Waals surface area (Å²) in [5, 5.41) is 10.4. The molecule has 2 fully saturated rings. The SMILES string of the molecule is CCOC(=O)CN(CC(=O)N1CCC[C@H]1CCc1[nH]c2cc(C#N)ccc2c1CC)C1CC1. The fourth-order valence-corrected chi connectivity index (χ4v) is 5.16. The topological polar surface area (TPSA) is 89.4 Å². The second-order valence-electron chi connectivity index (χ2n) is 9.17. The molecule has 1 amide bonds. The van der Waals surface area contributed by atoms with Crippen LogP contribution in [0.3, 0.4) is 0 Å². The number of fused-ring (bicyclic) bond motifs is 1. The highest BCUT2D eigenvalue weighted by Crippen LogP contribution is 2.29. The number of aryl methyl sites for hydroxylation is 2. The van der Waals surface area contributed by atoms with Gasteiger partial charge in [0.15, 0.2) is 0 Å². The first-order valence-electron chi connectivity index (χ1n) is 12.3. The number of aromatic nitrogens is 1. The first-order chi connectivity index (χ1) is 16.0. The second-order valence-corrected chi connectivity index (χ2v) is 9.17. The number of hydrogen-bond donors (Lipinski definition) is 1. The maximum absolute atomic E-state index is 13.2. The molecule has 1 aliphatic heterocycles. The van der Waals surface area contributed by atoms with E-state index in [2.05, 4.69) is 18.0 Å². The first-order valence-corrected chi connectivity index (χ1v) is 12.3. The maximum atomic E-state index is 13.2. The molecule has 1 atom stereocenters. The van der Waals surface area contributed by atoms with E-state index in [9.17, 15) is 14.9 Å². The number of benzene rings is 1. The Hall–Kier alpha value is -2.85. The van der Waals surface area contributed by atoms with Crippen molar-refractivity contribution in [3.05, 3.63) is 35.0 Å². The summed E-state index contributed by atoms with van der Waals surface area (Å²) in [6.45, 7) is 5.61. The highest BCUT2D eigenvalue weighted by Gasteiger charge is 2.35. The summed E-state index contributed by atoms with van der Waals surface area (Å²) in [5.74, 6) is -0.125. The molecule has 33 heavy (non-hydrogen) atoms. The molecule has 4 rings (SSSR count). The summed E-state index contributed by atoms with van der Waals surface area (Å²) in [6.07, 6.45) is 6.86. The fourth-order valence-electron chi connectivity index (χ4n) is 5.16. The number of ether oxygens (including phenoxy) is 1. The van der Waals surface area contributed by atoms with Crippen molar-refractivity contribution in [2.75, 3.05) is 26.2 Å². The third-order valence-corrected chi connectivity index (χ3v) is 6.94. The fraction of sp³-hybridized carbons (Fsp3) is 0.577. The molecule has 176 valence electrons. The van der Waals surface area contributed by atoms with Gasteiger partial charge in [-0.2, -0.15) is 5.26 Å². The van der Waals surface area contributed by atoms with Crippen LogP contribution in [0.5, 0.6) is 0 Å². The van der Waals surface area contributed by atoms with Crippen molar-refractivity contribution in [3.63, 3.8) is 0 Å². The van der Waals surface area contributed by atoms with Crippen LogP contribution in [0, 0.1) is 11.3 Å². The molecule has 1 aliphatic carbocycles. The molecule has 2 aromatic rings. The Kier molecular flexibility index (Phi) is 7.34. The van der Waals surface area contributed by atoms with Gasteiger partial charge in [0.1, 0.15) is 0 Å². The van der Waals surface area contributed by atoms with Crippen molar-refractivity contribution in [2.24, 2.45) is 0 Å². The summed E-state index contributed by atoms with van der Waals surface area (Å²) in [5.41, 5.74) is 4.19. The number of amides is 1. The molecule has 7 nitrogen and oxygen atoms in total. The number of hydrogen-bond acceptors (Lipinski definition) is 5. The Morgan fingerprint density at radius 2 is 2.06 bits per heavy atom. The van der Waals surface area contributed by atoms with Gasteiger partial charge in [-0.1, -0.05) is 13.0 Å². The number of carbonyl (C=O) groups excluding carboxylic acids is 2. The highest BCUT2D eigenvalue weighted by atomic mass is 16.5. The third-order valence-electron chi connectivity index (χ3n) is 6.94. The molecule has 1 N–H and O–H groups in total. The van der Waals surface area contributed by atoms with Crippen molar-refractivity contribution in [1.82, 2.24) is 14.8 Å². The van der Waals surface area contributed by atoms with Gasteiger partial charge in [0.25, 0.3) is 0 Å². The summed E-state index contributed by atoms with van der Waals surface area (Å²) in [7, 11) is 0. The lowest BCUT2D eigenvalue weighted by Crippen LogP contribution is -2.45. The Morgan fingerprint density at radius 1 is 1.24 bits per heavy atom. The third kappa shape index (κ3) is 5.39. The van der Waals surface area contributed by atoms with E-state index in [-0.39, 0.29) is 24.5 Å². The van der Waals surface area contributed by atoms with Crippen molar-refractivity contribution in [2.45, 2.75) is 70.9 Å². The minimum atomic E-state index is -0.249. The molecule has 1 saturated carbocycles. The number of aromatic amines is 1. The van der Waals surface area contributed by atoms with E-state index in [4.69, 9.17) is 4.74 Å². The molecular weight excluding hydrogens is 416 g/mol. The molecule has 2 heterocycles. The van der Waals surface area contributed by atoms with Crippen LogP contribution in [0.25, 0.3) is 10.9 Å². The van der Waals surface area contributed by atoms with Gasteiger partial charge in [-0.3, -0.25) is 14.5 Å². The number of nitriles is 1. The Bertz CT molecular complexity index is 1050. The molecule has 2 aliphatic rings. The predicted octanol–water partition coefficient (Wildman–Crippen LogP) is 3.55. The minimum absolute atomic E-state index is 0.125. The zero-order valence-corrected chi connectivity index (χ0v) is 19.7. The Morgan fingerprint density at radius 3 is 2.76 bits per heavy atom. The van der Waals surface area contributed by atoms with E-state index in [0.717, 1.165) is 57.0 Å². The van der Waals surface area contributed by atoms with Crippen LogP contribution in [-0.4, -0.2) is 65.0 Å². The second kappa shape index (κ2) is 10.4. The molecule has 0 spiro atoms. The average Bonchev–Trinajstić information content (AvgIpc) is 3.44. The summed E-state index contributed by atoms with van der Waals surface area (Å²) >= 11 is 0. The molecule has 7 heteroatoms. The summed E-state index contributed by atoms with van der Waals surface area (Å²) in [4.78, 5) is 32.7. The van der Waals surface area contributed by atoms with Crippen molar-refractivity contribution in [1.29, 1.82) is 5.26 Å². The zero-order chi connectivity index (χ0) is 23.4. The van der Waals surface area contributed by atoms with Gasteiger partial charge in [-0.05, 0) is 69.6 Å². The largest absolute Gasteiger partial charge is 0.465 e. The highest BCUT2D eigenvalue weighted by molar-refractivity contribution is 5.86. The first kappa shape index (κ1) is 23.3. The van der Waals surface area contributed by atoms with Gasteiger partial charge in [0.05, 0.1) is 31.3 Å².